The van der Waals surface area contributed by atoms with Crippen molar-refractivity contribution in [2.75, 3.05) is 32.8 Å². The maximum absolute atomic E-state index is 12.4. The first-order valence-corrected chi connectivity index (χ1v) is 7.36. The Morgan fingerprint density at radius 1 is 1.28 bits per heavy atom. The highest BCUT2D eigenvalue weighted by molar-refractivity contribution is 5.82. The summed E-state index contributed by atoms with van der Waals surface area (Å²) in [4.78, 5) is 14.3. The highest BCUT2D eigenvalue weighted by Gasteiger charge is 2.34. The zero-order valence-corrected chi connectivity index (χ0v) is 11.7. The first kappa shape index (κ1) is 13.8. The van der Waals surface area contributed by atoms with Gasteiger partial charge in [0.1, 0.15) is 0 Å². The van der Waals surface area contributed by atoms with Crippen molar-refractivity contribution in [1.82, 2.24) is 10.2 Å². The van der Waals surface area contributed by atoms with Crippen LogP contribution in [-0.2, 0) is 9.53 Å². The van der Waals surface area contributed by atoms with Crippen molar-refractivity contribution < 1.29 is 9.53 Å². The number of carbonyl (C=O) groups is 1. The van der Waals surface area contributed by atoms with Gasteiger partial charge < -0.3 is 15.0 Å². The van der Waals surface area contributed by atoms with Gasteiger partial charge in [-0.1, -0.05) is 0 Å². The Kier molecular flexibility index (Phi) is 5.01. The van der Waals surface area contributed by atoms with Crippen LogP contribution in [0.25, 0.3) is 0 Å². The molecule has 4 heteroatoms. The molecule has 18 heavy (non-hydrogen) atoms. The van der Waals surface area contributed by atoms with Crippen LogP contribution in [0.2, 0.25) is 0 Å². The molecular weight excluding hydrogens is 228 g/mol. The lowest BCUT2D eigenvalue weighted by Crippen LogP contribution is -2.51. The Balaban J connectivity index is 1.91. The number of nitrogens with zero attached hydrogens (tertiary/aromatic N) is 1. The van der Waals surface area contributed by atoms with Crippen LogP contribution >= 0.6 is 0 Å². The van der Waals surface area contributed by atoms with E-state index in [-0.39, 0.29) is 11.9 Å². The molecular formula is C14H26N2O2. The van der Waals surface area contributed by atoms with E-state index in [0.717, 1.165) is 39.3 Å². The molecule has 0 saturated carbocycles. The molecule has 2 aliphatic rings. The normalized spacial score (nSPS) is 32.4. The van der Waals surface area contributed by atoms with Crippen molar-refractivity contribution >= 4 is 5.91 Å². The Bertz CT molecular complexity index is 273. The third kappa shape index (κ3) is 3.04. The number of amides is 1. The van der Waals surface area contributed by atoms with Crippen molar-refractivity contribution in [3.8, 4) is 0 Å². The summed E-state index contributed by atoms with van der Waals surface area (Å²) >= 11 is 0. The van der Waals surface area contributed by atoms with E-state index in [1.54, 1.807) is 0 Å². The molecule has 2 rings (SSSR count). The van der Waals surface area contributed by atoms with Crippen LogP contribution < -0.4 is 5.32 Å². The van der Waals surface area contributed by atoms with Crippen LogP contribution in [-0.4, -0.2) is 49.7 Å². The van der Waals surface area contributed by atoms with Crippen molar-refractivity contribution in [2.24, 2.45) is 11.8 Å². The van der Waals surface area contributed by atoms with Gasteiger partial charge in [0.2, 0.25) is 5.91 Å². The molecule has 4 nitrogen and oxygen atoms in total. The molecule has 104 valence electrons. The largest absolute Gasteiger partial charge is 0.381 e. The van der Waals surface area contributed by atoms with Crippen LogP contribution in [0.4, 0.5) is 0 Å². The second-order valence-electron chi connectivity index (χ2n) is 5.43. The number of likely N-dealkylation sites (N-methyl/N-ethyl adjacent to an activating group) is 1. The summed E-state index contributed by atoms with van der Waals surface area (Å²) in [5.41, 5.74) is 0. The van der Waals surface area contributed by atoms with Crippen molar-refractivity contribution in [3.63, 3.8) is 0 Å². The average Bonchev–Trinajstić information content (AvgIpc) is 2.94. The van der Waals surface area contributed by atoms with Gasteiger partial charge in [0.05, 0.1) is 6.04 Å². The van der Waals surface area contributed by atoms with Gasteiger partial charge in [0, 0.05) is 26.3 Å². The fraction of sp³-hybridized carbons (Fsp3) is 0.929. The van der Waals surface area contributed by atoms with Crippen LogP contribution in [0.5, 0.6) is 0 Å². The van der Waals surface area contributed by atoms with E-state index >= 15 is 0 Å². The molecule has 2 saturated heterocycles. The fourth-order valence-electron chi connectivity index (χ4n) is 3.24. The molecule has 2 aliphatic heterocycles. The second kappa shape index (κ2) is 6.53. The predicted octanol–water partition coefficient (Wildman–Crippen LogP) is 1.26. The molecule has 1 N–H and O–H groups in total. The first-order valence-electron chi connectivity index (χ1n) is 7.36. The van der Waals surface area contributed by atoms with Gasteiger partial charge in [-0.3, -0.25) is 4.79 Å². The van der Waals surface area contributed by atoms with E-state index in [2.05, 4.69) is 5.32 Å². The summed E-state index contributed by atoms with van der Waals surface area (Å²) in [7, 11) is 0. The van der Waals surface area contributed by atoms with Gasteiger partial charge in [-0.2, -0.15) is 0 Å². The highest BCUT2D eigenvalue weighted by Crippen LogP contribution is 2.30. The molecule has 2 heterocycles. The van der Waals surface area contributed by atoms with Gasteiger partial charge in [0.25, 0.3) is 0 Å². The van der Waals surface area contributed by atoms with Crippen LogP contribution in [0.15, 0.2) is 0 Å². The summed E-state index contributed by atoms with van der Waals surface area (Å²) in [5.74, 6) is 1.63. The smallest absolute Gasteiger partial charge is 0.239 e. The maximum Gasteiger partial charge on any atom is 0.239 e. The molecule has 3 atom stereocenters. The van der Waals surface area contributed by atoms with E-state index in [9.17, 15) is 4.79 Å². The molecule has 3 unspecified atom stereocenters. The van der Waals surface area contributed by atoms with Crippen molar-refractivity contribution in [1.29, 1.82) is 0 Å². The SMILES string of the molecule is CCN(CC)C(=O)C1CC(C2CCOC2)CCN1. The Morgan fingerprint density at radius 3 is 2.67 bits per heavy atom. The quantitative estimate of drug-likeness (QED) is 0.821. The summed E-state index contributed by atoms with van der Waals surface area (Å²) in [5, 5.41) is 3.39. The molecule has 0 aromatic rings. The number of hydrogen-bond donors (Lipinski definition) is 1. The molecule has 0 spiro atoms. The Labute approximate surface area is 110 Å². The van der Waals surface area contributed by atoms with Gasteiger partial charge in [-0.05, 0) is 51.5 Å². The third-order valence-corrected chi connectivity index (χ3v) is 4.45. The van der Waals surface area contributed by atoms with E-state index in [4.69, 9.17) is 4.74 Å². The highest BCUT2D eigenvalue weighted by atomic mass is 16.5. The van der Waals surface area contributed by atoms with E-state index in [0.29, 0.717) is 11.8 Å². The van der Waals surface area contributed by atoms with E-state index < -0.39 is 0 Å². The monoisotopic (exact) mass is 254 g/mol. The Morgan fingerprint density at radius 2 is 2.06 bits per heavy atom. The number of nitrogens with one attached hydrogen (secondary N) is 1. The standard InChI is InChI=1S/C14H26N2O2/c1-3-16(4-2)14(17)13-9-11(5-7-15-13)12-6-8-18-10-12/h11-13,15H,3-10H2,1-2H3. The fourth-order valence-corrected chi connectivity index (χ4v) is 3.24. The van der Waals surface area contributed by atoms with Crippen LogP contribution in [0.3, 0.4) is 0 Å². The topological polar surface area (TPSA) is 41.6 Å². The van der Waals surface area contributed by atoms with Gasteiger partial charge in [0.15, 0.2) is 0 Å². The third-order valence-electron chi connectivity index (χ3n) is 4.45. The number of hydrogen-bond acceptors (Lipinski definition) is 3. The number of ether oxygens (including phenoxy) is 1. The zero-order chi connectivity index (χ0) is 13.0. The summed E-state index contributed by atoms with van der Waals surface area (Å²) in [6.45, 7) is 8.49. The molecule has 0 aromatic carbocycles. The van der Waals surface area contributed by atoms with E-state index in [1.807, 2.05) is 18.7 Å². The molecule has 0 radical (unpaired) electrons. The number of rotatable bonds is 4. The first-order chi connectivity index (χ1) is 8.76. The number of carbonyl (C=O) groups excluding carboxylic acids is 1. The number of piperidine rings is 1. The van der Waals surface area contributed by atoms with Gasteiger partial charge >= 0.3 is 0 Å². The maximum atomic E-state index is 12.4. The molecule has 2 fully saturated rings. The molecule has 0 aliphatic carbocycles. The minimum Gasteiger partial charge on any atom is -0.381 e. The molecule has 1 amide bonds. The molecule has 0 aromatic heterocycles. The van der Waals surface area contributed by atoms with Crippen molar-refractivity contribution in [2.45, 2.75) is 39.2 Å². The van der Waals surface area contributed by atoms with Crippen LogP contribution in [0, 0.1) is 11.8 Å². The summed E-state index contributed by atoms with van der Waals surface area (Å²) in [6, 6.07) is 0.0317. The Hall–Kier alpha value is -0.610. The van der Waals surface area contributed by atoms with Crippen molar-refractivity contribution in [3.05, 3.63) is 0 Å². The van der Waals surface area contributed by atoms with Crippen LogP contribution in [0.1, 0.15) is 33.1 Å². The summed E-state index contributed by atoms with van der Waals surface area (Å²) < 4.78 is 5.48. The summed E-state index contributed by atoms with van der Waals surface area (Å²) in [6.07, 6.45) is 3.36. The molecule has 0 bridgehead atoms. The average molecular weight is 254 g/mol. The van der Waals surface area contributed by atoms with E-state index in [1.165, 1.54) is 12.8 Å². The van der Waals surface area contributed by atoms with Gasteiger partial charge in [-0.15, -0.1) is 0 Å². The zero-order valence-electron chi connectivity index (χ0n) is 11.7. The lowest BCUT2D eigenvalue weighted by atomic mass is 9.81. The minimum absolute atomic E-state index is 0.0317. The lowest BCUT2D eigenvalue weighted by Gasteiger charge is -2.35. The predicted molar refractivity (Wildman–Crippen MR) is 71.4 cm³/mol. The minimum atomic E-state index is 0.0317. The second-order valence-corrected chi connectivity index (χ2v) is 5.43. The lowest BCUT2D eigenvalue weighted by molar-refractivity contribution is -0.134. The van der Waals surface area contributed by atoms with Gasteiger partial charge in [-0.25, -0.2) is 0 Å².